The molecule has 2 unspecified atom stereocenters. The van der Waals surface area contributed by atoms with Crippen molar-refractivity contribution in [2.75, 3.05) is 6.54 Å². The molecular formula is C16H14IN. The molecular weight excluding hydrogens is 333 g/mol. The highest BCUT2D eigenvalue weighted by Gasteiger charge is 2.33. The van der Waals surface area contributed by atoms with E-state index in [0.29, 0.717) is 12.0 Å². The van der Waals surface area contributed by atoms with Crippen molar-refractivity contribution in [1.82, 2.24) is 5.32 Å². The summed E-state index contributed by atoms with van der Waals surface area (Å²) in [6.07, 6.45) is 1.12. The minimum atomic E-state index is 0.499. The van der Waals surface area contributed by atoms with Crippen molar-refractivity contribution in [3.8, 4) is 0 Å². The van der Waals surface area contributed by atoms with Gasteiger partial charge in [-0.1, -0.05) is 30.3 Å². The van der Waals surface area contributed by atoms with Crippen molar-refractivity contribution in [1.29, 1.82) is 0 Å². The van der Waals surface area contributed by atoms with E-state index in [1.807, 2.05) is 0 Å². The zero-order chi connectivity index (χ0) is 12.1. The summed E-state index contributed by atoms with van der Waals surface area (Å²) in [7, 11) is 0. The van der Waals surface area contributed by atoms with Gasteiger partial charge in [-0.05, 0) is 63.4 Å². The summed E-state index contributed by atoms with van der Waals surface area (Å²) in [5.41, 5.74) is 6.08. The fourth-order valence-corrected chi connectivity index (χ4v) is 3.90. The Morgan fingerprint density at radius 1 is 1.00 bits per heavy atom. The van der Waals surface area contributed by atoms with Crippen molar-refractivity contribution < 1.29 is 0 Å². The van der Waals surface area contributed by atoms with E-state index in [0.717, 1.165) is 13.0 Å². The number of hydrogen-bond donors (Lipinski definition) is 1. The first kappa shape index (κ1) is 11.0. The highest BCUT2D eigenvalue weighted by Crippen LogP contribution is 2.41. The van der Waals surface area contributed by atoms with Gasteiger partial charge in [0.15, 0.2) is 0 Å². The van der Waals surface area contributed by atoms with Crippen molar-refractivity contribution in [3.05, 3.63) is 68.3 Å². The number of halogens is 1. The third-order valence-electron chi connectivity index (χ3n) is 4.22. The van der Waals surface area contributed by atoms with Crippen LogP contribution in [0.15, 0.2) is 42.5 Å². The lowest BCUT2D eigenvalue weighted by Crippen LogP contribution is -2.31. The van der Waals surface area contributed by atoms with Gasteiger partial charge in [-0.25, -0.2) is 0 Å². The molecule has 2 atom stereocenters. The monoisotopic (exact) mass is 347 g/mol. The normalized spacial score (nSPS) is 24.3. The molecule has 1 aliphatic carbocycles. The van der Waals surface area contributed by atoms with Crippen LogP contribution in [0.5, 0.6) is 0 Å². The van der Waals surface area contributed by atoms with Gasteiger partial charge in [0.1, 0.15) is 0 Å². The number of benzene rings is 2. The minimum Gasteiger partial charge on any atom is -0.309 e. The van der Waals surface area contributed by atoms with Gasteiger partial charge in [-0.2, -0.15) is 0 Å². The molecule has 1 N–H and O–H groups in total. The average Bonchev–Trinajstić information content (AvgIpc) is 2.65. The van der Waals surface area contributed by atoms with E-state index in [-0.39, 0.29) is 0 Å². The maximum Gasteiger partial charge on any atom is 0.0364 e. The van der Waals surface area contributed by atoms with E-state index in [1.54, 1.807) is 0 Å². The van der Waals surface area contributed by atoms with Gasteiger partial charge in [0.25, 0.3) is 0 Å². The van der Waals surface area contributed by atoms with E-state index < -0.39 is 0 Å². The second-order valence-electron chi connectivity index (χ2n) is 5.19. The molecule has 0 fully saturated rings. The standard InChI is InChI=1S/C16H14IN/c17-11-6-5-10-7-16-13-4-2-1-3-12(13)15(9-18-16)14(10)8-11/h1-6,8,15-16,18H,7,9H2. The Bertz CT molecular complexity index is 620. The molecule has 2 bridgehead atoms. The quantitative estimate of drug-likeness (QED) is 0.718. The van der Waals surface area contributed by atoms with E-state index in [9.17, 15) is 0 Å². The van der Waals surface area contributed by atoms with Gasteiger partial charge in [0.05, 0.1) is 0 Å². The Labute approximate surface area is 121 Å². The number of fused-ring (bicyclic) bond motifs is 1. The summed E-state index contributed by atoms with van der Waals surface area (Å²) in [5.74, 6) is 0.532. The Morgan fingerprint density at radius 3 is 2.72 bits per heavy atom. The summed E-state index contributed by atoms with van der Waals surface area (Å²) < 4.78 is 1.34. The fourth-order valence-electron chi connectivity index (χ4n) is 3.38. The molecule has 2 aliphatic heterocycles. The zero-order valence-corrected chi connectivity index (χ0v) is 12.1. The largest absolute Gasteiger partial charge is 0.309 e. The minimum absolute atomic E-state index is 0.499. The zero-order valence-electron chi connectivity index (χ0n) is 9.99. The van der Waals surface area contributed by atoms with Crippen LogP contribution in [0.4, 0.5) is 0 Å². The van der Waals surface area contributed by atoms with E-state index in [2.05, 4.69) is 70.4 Å². The molecule has 5 rings (SSSR count). The van der Waals surface area contributed by atoms with Gasteiger partial charge in [-0.15, -0.1) is 0 Å². The molecule has 1 nitrogen and oxygen atoms in total. The lowest BCUT2D eigenvalue weighted by atomic mass is 9.85. The van der Waals surface area contributed by atoms with Gasteiger partial charge in [0, 0.05) is 22.1 Å². The van der Waals surface area contributed by atoms with Gasteiger partial charge in [-0.3, -0.25) is 0 Å². The van der Waals surface area contributed by atoms with Crippen LogP contribution in [0.3, 0.4) is 0 Å². The number of nitrogens with one attached hydrogen (secondary N) is 1. The molecule has 90 valence electrons. The molecule has 0 radical (unpaired) electrons. The second kappa shape index (κ2) is 4.07. The predicted molar refractivity (Wildman–Crippen MR) is 81.9 cm³/mol. The molecule has 2 heterocycles. The topological polar surface area (TPSA) is 12.0 Å². The van der Waals surface area contributed by atoms with E-state index >= 15 is 0 Å². The lowest BCUT2D eigenvalue weighted by Gasteiger charge is -2.29. The number of rotatable bonds is 0. The van der Waals surface area contributed by atoms with Crippen molar-refractivity contribution in [2.24, 2.45) is 0 Å². The van der Waals surface area contributed by atoms with Crippen molar-refractivity contribution in [3.63, 3.8) is 0 Å². The second-order valence-corrected chi connectivity index (χ2v) is 6.44. The summed E-state index contributed by atoms with van der Waals surface area (Å²) in [5, 5.41) is 3.70. The SMILES string of the molecule is Ic1ccc2c(c1)C1CNC(C2)c2ccccc21. The van der Waals surface area contributed by atoms with Crippen LogP contribution in [0.2, 0.25) is 0 Å². The van der Waals surface area contributed by atoms with Gasteiger partial charge >= 0.3 is 0 Å². The van der Waals surface area contributed by atoms with Crippen LogP contribution >= 0.6 is 22.6 Å². The van der Waals surface area contributed by atoms with Gasteiger partial charge in [0.2, 0.25) is 0 Å². The van der Waals surface area contributed by atoms with E-state index in [4.69, 9.17) is 0 Å². The molecule has 2 aromatic rings. The Kier molecular flexibility index (Phi) is 2.49. The Balaban J connectivity index is 1.99. The molecule has 0 saturated heterocycles. The van der Waals surface area contributed by atoms with Crippen LogP contribution in [0.25, 0.3) is 0 Å². The summed E-state index contributed by atoms with van der Waals surface area (Å²) >= 11 is 2.42. The van der Waals surface area contributed by atoms with Crippen LogP contribution in [0, 0.1) is 3.57 Å². The summed E-state index contributed by atoms with van der Waals surface area (Å²) in [4.78, 5) is 0. The maximum atomic E-state index is 3.70. The van der Waals surface area contributed by atoms with Gasteiger partial charge < -0.3 is 5.32 Å². The number of hydrogen-bond acceptors (Lipinski definition) is 1. The molecule has 18 heavy (non-hydrogen) atoms. The molecule has 0 spiro atoms. The van der Waals surface area contributed by atoms with Crippen molar-refractivity contribution >= 4 is 22.6 Å². The lowest BCUT2D eigenvalue weighted by molar-refractivity contribution is 0.500. The predicted octanol–water partition coefficient (Wildman–Crippen LogP) is 3.62. The highest BCUT2D eigenvalue weighted by atomic mass is 127. The third-order valence-corrected chi connectivity index (χ3v) is 4.89. The maximum absolute atomic E-state index is 3.70. The van der Waals surface area contributed by atoms with Crippen LogP contribution in [0.1, 0.15) is 34.2 Å². The molecule has 2 aromatic carbocycles. The Morgan fingerprint density at radius 2 is 1.83 bits per heavy atom. The first-order valence-corrected chi connectivity index (χ1v) is 7.51. The molecule has 3 aliphatic rings. The first-order chi connectivity index (χ1) is 8.83. The van der Waals surface area contributed by atoms with Crippen LogP contribution < -0.4 is 5.32 Å². The smallest absolute Gasteiger partial charge is 0.0364 e. The average molecular weight is 347 g/mol. The Hall–Kier alpha value is -0.870. The molecule has 0 amide bonds. The third kappa shape index (κ3) is 1.55. The van der Waals surface area contributed by atoms with E-state index in [1.165, 1.54) is 25.8 Å². The highest BCUT2D eigenvalue weighted by molar-refractivity contribution is 14.1. The van der Waals surface area contributed by atoms with Crippen molar-refractivity contribution in [2.45, 2.75) is 18.4 Å². The molecule has 0 aromatic heterocycles. The molecule has 2 heteroatoms. The van der Waals surface area contributed by atoms with Crippen LogP contribution in [-0.2, 0) is 6.42 Å². The molecule has 0 saturated carbocycles. The fraction of sp³-hybridized carbons (Fsp3) is 0.250. The first-order valence-electron chi connectivity index (χ1n) is 6.43. The van der Waals surface area contributed by atoms with Crippen LogP contribution in [-0.4, -0.2) is 6.54 Å². The summed E-state index contributed by atoms with van der Waals surface area (Å²) in [6, 6.07) is 16.3. The summed E-state index contributed by atoms with van der Waals surface area (Å²) in [6.45, 7) is 1.08.